The highest BCUT2D eigenvalue weighted by molar-refractivity contribution is 5.35. The van der Waals surface area contributed by atoms with Gasteiger partial charge in [0.1, 0.15) is 5.75 Å². The summed E-state index contributed by atoms with van der Waals surface area (Å²) in [6.45, 7) is 6.07. The van der Waals surface area contributed by atoms with Crippen LogP contribution in [0, 0.1) is 5.92 Å². The van der Waals surface area contributed by atoms with Gasteiger partial charge in [-0.1, -0.05) is 51.2 Å². The van der Waals surface area contributed by atoms with Crippen LogP contribution in [0.1, 0.15) is 70.3 Å². The van der Waals surface area contributed by atoms with Crippen LogP contribution in [0.4, 0.5) is 0 Å². The summed E-state index contributed by atoms with van der Waals surface area (Å²) in [5.41, 5.74) is 1.73. The molecule has 1 saturated carbocycles. The first kappa shape index (κ1) is 16.8. The number of phenols is 1. The smallest absolute Gasteiger partial charge is 0.115 e. The number of phenolic OH excluding ortho intramolecular Hbond substituents is 1. The molecule has 2 aliphatic rings. The standard InChI is InChI=1S/C21H33NO/c1-2-3-4-7-14-22-15-13-21(12-6-5-9-19(21)17-22)18-10-8-11-20(23)16-18/h8,10-11,16,19,23H,2-7,9,12-15,17H2,1H3/t19-,21-/m0/s1. The molecule has 2 nitrogen and oxygen atoms in total. The molecule has 0 amide bonds. The average molecular weight is 316 g/mol. The van der Waals surface area contributed by atoms with Crippen molar-refractivity contribution in [3.8, 4) is 5.75 Å². The Bertz CT molecular complexity index is 500. The lowest BCUT2D eigenvalue weighted by molar-refractivity contribution is 0.0552. The van der Waals surface area contributed by atoms with E-state index in [0.29, 0.717) is 11.2 Å². The van der Waals surface area contributed by atoms with Crippen LogP contribution in [0.2, 0.25) is 0 Å². The van der Waals surface area contributed by atoms with Crippen LogP contribution in [0.25, 0.3) is 0 Å². The first-order valence-electron chi connectivity index (χ1n) is 9.76. The van der Waals surface area contributed by atoms with Gasteiger partial charge in [-0.15, -0.1) is 0 Å². The van der Waals surface area contributed by atoms with Crippen molar-refractivity contribution in [1.29, 1.82) is 0 Å². The summed E-state index contributed by atoms with van der Waals surface area (Å²) < 4.78 is 0. The Morgan fingerprint density at radius 2 is 2.09 bits per heavy atom. The number of nitrogens with zero attached hydrogens (tertiary/aromatic N) is 1. The van der Waals surface area contributed by atoms with Crippen molar-refractivity contribution in [3.05, 3.63) is 29.8 Å². The quantitative estimate of drug-likeness (QED) is 0.738. The van der Waals surface area contributed by atoms with Crippen LogP contribution >= 0.6 is 0 Å². The maximum absolute atomic E-state index is 9.94. The number of hydrogen-bond acceptors (Lipinski definition) is 2. The number of hydrogen-bond donors (Lipinski definition) is 1. The van der Waals surface area contributed by atoms with Crippen molar-refractivity contribution >= 4 is 0 Å². The monoisotopic (exact) mass is 315 g/mol. The lowest BCUT2D eigenvalue weighted by Gasteiger charge is -2.51. The molecule has 3 rings (SSSR count). The molecule has 0 aromatic heterocycles. The largest absolute Gasteiger partial charge is 0.508 e. The van der Waals surface area contributed by atoms with Crippen molar-refractivity contribution in [2.45, 2.75) is 70.1 Å². The lowest BCUT2D eigenvalue weighted by Crippen LogP contribution is -2.51. The van der Waals surface area contributed by atoms with E-state index >= 15 is 0 Å². The van der Waals surface area contributed by atoms with E-state index in [4.69, 9.17) is 0 Å². The van der Waals surface area contributed by atoms with Crippen LogP contribution in [0.3, 0.4) is 0 Å². The van der Waals surface area contributed by atoms with Gasteiger partial charge in [0.05, 0.1) is 0 Å². The summed E-state index contributed by atoms with van der Waals surface area (Å²) in [5.74, 6) is 1.21. The summed E-state index contributed by atoms with van der Waals surface area (Å²) >= 11 is 0. The summed E-state index contributed by atoms with van der Waals surface area (Å²) in [6.07, 6.45) is 12.1. The first-order valence-corrected chi connectivity index (χ1v) is 9.76. The summed E-state index contributed by atoms with van der Waals surface area (Å²) in [4.78, 5) is 2.71. The second kappa shape index (κ2) is 7.70. The van der Waals surface area contributed by atoms with Gasteiger partial charge in [0.15, 0.2) is 0 Å². The van der Waals surface area contributed by atoms with E-state index in [2.05, 4.69) is 17.9 Å². The molecule has 1 saturated heterocycles. The van der Waals surface area contributed by atoms with E-state index < -0.39 is 0 Å². The minimum atomic E-state index is 0.330. The third-order valence-corrected chi connectivity index (χ3v) is 6.31. The van der Waals surface area contributed by atoms with Gasteiger partial charge < -0.3 is 10.0 Å². The molecule has 0 radical (unpaired) electrons. The first-order chi connectivity index (χ1) is 11.2. The molecule has 1 aliphatic heterocycles. The van der Waals surface area contributed by atoms with E-state index in [1.807, 2.05) is 12.1 Å². The Balaban J connectivity index is 1.68. The zero-order valence-electron chi connectivity index (χ0n) is 14.8. The molecule has 2 atom stereocenters. The van der Waals surface area contributed by atoms with Crippen molar-refractivity contribution in [1.82, 2.24) is 4.90 Å². The zero-order valence-corrected chi connectivity index (χ0v) is 14.8. The Labute approximate surface area is 141 Å². The molecule has 0 spiro atoms. The Morgan fingerprint density at radius 3 is 2.91 bits per heavy atom. The normalized spacial score (nSPS) is 28.5. The minimum absolute atomic E-state index is 0.330. The molecule has 1 N–H and O–H groups in total. The number of unbranched alkanes of at least 4 members (excludes halogenated alkanes) is 3. The van der Waals surface area contributed by atoms with Crippen LogP contribution in [-0.4, -0.2) is 29.6 Å². The van der Waals surface area contributed by atoms with Gasteiger partial charge in [0.25, 0.3) is 0 Å². The van der Waals surface area contributed by atoms with Gasteiger partial charge in [0, 0.05) is 12.0 Å². The van der Waals surface area contributed by atoms with Crippen molar-refractivity contribution in [2.75, 3.05) is 19.6 Å². The number of benzene rings is 1. The maximum Gasteiger partial charge on any atom is 0.115 e. The molecule has 1 heterocycles. The highest BCUT2D eigenvalue weighted by Gasteiger charge is 2.45. The number of fused-ring (bicyclic) bond motifs is 1. The molecule has 0 unspecified atom stereocenters. The third-order valence-electron chi connectivity index (χ3n) is 6.31. The Hall–Kier alpha value is -1.02. The van der Waals surface area contributed by atoms with Crippen LogP contribution in [-0.2, 0) is 5.41 Å². The molecule has 0 bridgehead atoms. The number of aromatic hydroxyl groups is 1. The van der Waals surface area contributed by atoms with Gasteiger partial charge in [-0.05, 0) is 62.4 Å². The third kappa shape index (κ3) is 3.74. The Morgan fingerprint density at radius 1 is 1.17 bits per heavy atom. The second-order valence-corrected chi connectivity index (χ2v) is 7.76. The predicted molar refractivity (Wildman–Crippen MR) is 96.9 cm³/mol. The molecule has 2 fully saturated rings. The van der Waals surface area contributed by atoms with Crippen molar-refractivity contribution in [2.24, 2.45) is 5.92 Å². The van der Waals surface area contributed by atoms with E-state index in [9.17, 15) is 5.11 Å². The SMILES string of the molecule is CCCCCCN1CC[C@]2(c3cccc(O)c3)CCCC[C@H]2C1. The highest BCUT2D eigenvalue weighted by Crippen LogP contribution is 2.49. The van der Waals surface area contributed by atoms with E-state index in [-0.39, 0.29) is 0 Å². The number of likely N-dealkylation sites (tertiary alicyclic amines) is 1. The number of rotatable bonds is 6. The summed E-state index contributed by atoms with van der Waals surface area (Å²) in [5, 5.41) is 9.94. The highest BCUT2D eigenvalue weighted by atomic mass is 16.3. The summed E-state index contributed by atoms with van der Waals surface area (Å²) in [7, 11) is 0. The molecule has 2 heteroatoms. The zero-order chi connectivity index (χ0) is 16.1. The molecule has 23 heavy (non-hydrogen) atoms. The van der Waals surface area contributed by atoms with Crippen LogP contribution < -0.4 is 0 Å². The van der Waals surface area contributed by atoms with Gasteiger partial charge in [0.2, 0.25) is 0 Å². The van der Waals surface area contributed by atoms with E-state index in [1.165, 1.54) is 83.0 Å². The molecule has 1 aromatic rings. The van der Waals surface area contributed by atoms with Crippen molar-refractivity contribution in [3.63, 3.8) is 0 Å². The van der Waals surface area contributed by atoms with E-state index in [1.54, 1.807) is 6.07 Å². The van der Waals surface area contributed by atoms with Crippen LogP contribution in [0.5, 0.6) is 5.75 Å². The molecule has 1 aliphatic carbocycles. The summed E-state index contributed by atoms with van der Waals surface area (Å²) in [6, 6.07) is 8.13. The average Bonchev–Trinajstić information content (AvgIpc) is 2.58. The fourth-order valence-electron chi connectivity index (χ4n) is 4.97. The number of piperidine rings is 1. The second-order valence-electron chi connectivity index (χ2n) is 7.76. The lowest BCUT2D eigenvalue weighted by atomic mass is 9.59. The van der Waals surface area contributed by atoms with Gasteiger partial charge in [-0.25, -0.2) is 0 Å². The fraction of sp³-hybridized carbons (Fsp3) is 0.714. The molecular weight excluding hydrogens is 282 g/mol. The maximum atomic E-state index is 9.94. The molecule has 128 valence electrons. The van der Waals surface area contributed by atoms with Gasteiger partial charge >= 0.3 is 0 Å². The minimum Gasteiger partial charge on any atom is -0.508 e. The van der Waals surface area contributed by atoms with E-state index in [0.717, 1.165) is 5.92 Å². The van der Waals surface area contributed by atoms with Gasteiger partial charge in [-0.2, -0.15) is 0 Å². The van der Waals surface area contributed by atoms with Crippen molar-refractivity contribution < 1.29 is 5.11 Å². The Kier molecular flexibility index (Phi) is 5.63. The topological polar surface area (TPSA) is 23.5 Å². The van der Waals surface area contributed by atoms with Gasteiger partial charge in [-0.3, -0.25) is 0 Å². The molecule has 1 aromatic carbocycles. The molecular formula is C21H33NO. The predicted octanol–water partition coefficient (Wildman–Crippen LogP) is 5.11. The van der Waals surface area contributed by atoms with Crippen LogP contribution in [0.15, 0.2) is 24.3 Å². The fourth-order valence-corrected chi connectivity index (χ4v) is 4.97.